The summed E-state index contributed by atoms with van der Waals surface area (Å²) in [4.78, 5) is 14.1. The van der Waals surface area contributed by atoms with Crippen LogP contribution in [0.15, 0.2) is 24.3 Å². The highest BCUT2D eigenvalue weighted by Gasteiger charge is 2.25. The molecule has 0 aromatic heterocycles. The van der Waals surface area contributed by atoms with Crippen LogP contribution < -0.4 is 0 Å². The highest BCUT2D eigenvalue weighted by atomic mass is 19.1. The number of hydrogen-bond donors (Lipinski definition) is 0. The Morgan fingerprint density at radius 2 is 1.94 bits per heavy atom. The van der Waals surface area contributed by atoms with Gasteiger partial charge in [0.1, 0.15) is 5.82 Å². The maximum absolute atomic E-state index is 12.9. The maximum Gasteiger partial charge on any atom is 0.314 e. The summed E-state index contributed by atoms with van der Waals surface area (Å²) in [6.45, 7) is 2.70. The van der Waals surface area contributed by atoms with Crippen LogP contribution >= 0.6 is 0 Å². The lowest BCUT2D eigenvalue weighted by atomic mass is 9.98. The van der Waals surface area contributed by atoms with E-state index in [0.29, 0.717) is 6.54 Å². The van der Waals surface area contributed by atoms with E-state index in [-0.39, 0.29) is 17.7 Å². The molecule has 0 amide bonds. The summed E-state index contributed by atoms with van der Waals surface area (Å²) in [6, 6.07) is 6.09. The van der Waals surface area contributed by atoms with E-state index in [1.165, 1.54) is 32.1 Å². The molecule has 1 unspecified atom stereocenters. The summed E-state index contributed by atoms with van der Waals surface area (Å²) >= 11 is 0. The standard InChI is InChI=1S/C14H18FNO2/c1-18-14(17)13(10-16-8-2-3-9-16)11-4-6-12(15)7-5-11/h4-7,13H,2-3,8-10H2,1H3. The fraction of sp³-hybridized carbons (Fsp3) is 0.500. The van der Waals surface area contributed by atoms with Crippen LogP contribution in [-0.2, 0) is 9.53 Å². The second kappa shape index (κ2) is 5.96. The molecule has 0 saturated carbocycles. The monoisotopic (exact) mass is 251 g/mol. The fourth-order valence-electron chi connectivity index (χ4n) is 2.38. The van der Waals surface area contributed by atoms with E-state index in [0.717, 1.165) is 18.7 Å². The quantitative estimate of drug-likeness (QED) is 0.768. The molecular weight excluding hydrogens is 233 g/mol. The molecule has 1 aliphatic rings. The van der Waals surface area contributed by atoms with Crippen LogP contribution in [0.1, 0.15) is 24.3 Å². The predicted octanol–water partition coefficient (Wildman–Crippen LogP) is 2.18. The normalized spacial score (nSPS) is 17.7. The molecule has 4 heteroatoms. The largest absolute Gasteiger partial charge is 0.469 e. The lowest BCUT2D eigenvalue weighted by Gasteiger charge is -2.21. The Bertz CT molecular complexity index is 399. The van der Waals surface area contributed by atoms with Crippen molar-refractivity contribution in [3.8, 4) is 0 Å². The number of halogens is 1. The van der Waals surface area contributed by atoms with Crippen molar-refractivity contribution in [1.29, 1.82) is 0 Å². The number of esters is 1. The smallest absolute Gasteiger partial charge is 0.314 e. The van der Waals surface area contributed by atoms with E-state index in [1.807, 2.05) is 0 Å². The van der Waals surface area contributed by atoms with E-state index < -0.39 is 0 Å². The Morgan fingerprint density at radius 1 is 1.33 bits per heavy atom. The molecule has 0 spiro atoms. The average molecular weight is 251 g/mol. The van der Waals surface area contributed by atoms with Gasteiger partial charge in [0.25, 0.3) is 0 Å². The van der Waals surface area contributed by atoms with E-state index in [9.17, 15) is 9.18 Å². The van der Waals surface area contributed by atoms with Crippen LogP contribution in [-0.4, -0.2) is 37.6 Å². The summed E-state index contributed by atoms with van der Waals surface area (Å²) in [5.41, 5.74) is 0.815. The zero-order chi connectivity index (χ0) is 13.0. The summed E-state index contributed by atoms with van der Waals surface area (Å²) in [6.07, 6.45) is 2.36. The number of benzene rings is 1. The maximum atomic E-state index is 12.9. The number of hydrogen-bond acceptors (Lipinski definition) is 3. The number of nitrogens with zero attached hydrogens (tertiary/aromatic N) is 1. The lowest BCUT2D eigenvalue weighted by Crippen LogP contribution is -2.30. The average Bonchev–Trinajstić information content (AvgIpc) is 2.89. The summed E-state index contributed by atoms with van der Waals surface area (Å²) in [7, 11) is 1.39. The van der Waals surface area contributed by atoms with Gasteiger partial charge in [-0.1, -0.05) is 12.1 Å². The first-order chi connectivity index (χ1) is 8.70. The zero-order valence-electron chi connectivity index (χ0n) is 10.6. The second-order valence-corrected chi connectivity index (χ2v) is 4.64. The van der Waals surface area contributed by atoms with Crippen molar-refractivity contribution in [3.63, 3.8) is 0 Å². The van der Waals surface area contributed by atoms with Gasteiger partial charge in [0.05, 0.1) is 13.0 Å². The predicted molar refractivity (Wildman–Crippen MR) is 66.8 cm³/mol. The van der Waals surface area contributed by atoms with Crippen LogP contribution in [0, 0.1) is 5.82 Å². The van der Waals surface area contributed by atoms with Crippen LogP contribution in [0.4, 0.5) is 4.39 Å². The third kappa shape index (κ3) is 3.07. The van der Waals surface area contributed by atoms with Gasteiger partial charge in [-0.25, -0.2) is 4.39 Å². The first-order valence-electron chi connectivity index (χ1n) is 6.26. The van der Waals surface area contributed by atoms with Crippen molar-refractivity contribution in [2.24, 2.45) is 0 Å². The Labute approximate surface area is 107 Å². The molecule has 1 saturated heterocycles. The third-order valence-electron chi connectivity index (χ3n) is 3.40. The Balaban J connectivity index is 2.13. The number of ether oxygens (including phenoxy) is 1. The van der Waals surface area contributed by atoms with Crippen LogP contribution in [0.5, 0.6) is 0 Å². The highest BCUT2D eigenvalue weighted by Crippen LogP contribution is 2.21. The van der Waals surface area contributed by atoms with Gasteiger partial charge in [0.2, 0.25) is 0 Å². The van der Waals surface area contributed by atoms with Crippen molar-refractivity contribution < 1.29 is 13.9 Å². The van der Waals surface area contributed by atoms with Crippen molar-refractivity contribution in [3.05, 3.63) is 35.6 Å². The van der Waals surface area contributed by atoms with Crippen molar-refractivity contribution in [1.82, 2.24) is 4.90 Å². The minimum absolute atomic E-state index is 0.256. The molecule has 3 nitrogen and oxygen atoms in total. The van der Waals surface area contributed by atoms with Gasteiger partial charge in [-0.15, -0.1) is 0 Å². The Hall–Kier alpha value is -1.42. The second-order valence-electron chi connectivity index (χ2n) is 4.64. The number of likely N-dealkylation sites (tertiary alicyclic amines) is 1. The highest BCUT2D eigenvalue weighted by molar-refractivity contribution is 5.78. The zero-order valence-corrected chi connectivity index (χ0v) is 10.6. The topological polar surface area (TPSA) is 29.5 Å². The van der Waals surface area contributed by atoms with Gasteiger partial charge >= 0.3 is 5.97 Å². The number of carbonyl (C=O) groups is 1. The van der Waals surface area contributed by atoms with E-state index in [2.05, 4.69) is 4.90 Å². The summed E-state index contributed by atoms with van der Waals surface area (Å²) in [5.74, 6) is -0.870. The molecule has 0 radical (unpaired) electrons. The summed E-state index contributed by atoms with van der Waals surface area (Å²) < 4.78 is 17.8. The van der Waals surface area contributed by atoms with E-state index in [4.69, 9.17) is 4.74 Å². The van der Waals surface area contributed by atoms with Crippen LogP contribution in [0.3, 0.4) is 0 Å². The van der Waals surface area contributed by atoms with Gasteiger partial charge in [-0.3, -0.25) is 4.79 Å². The minimum Gasteiger partial charge on any atom is -0.469 e. The van der Waals surface area contributed by atoms with Crippen LogP contribution in [0.25, 0.3) is 0 Å². The van der Waals surface area contributed by atoms with Crippen molar-refractivity contribution in [2.45, 2.75) is 18.8 Å². The van der Waals surface area contributed by atoms with Gasteiger partial charge in [0, 0.05) is 6.54 Å². The molecule has 18 heavy (non-hydrogen) atoms. The van der Waals surface area contributed by atoms with Crippen molar-refractivity contribution in [2.75, 3.05) is 26.7 Å². The Morgan fingerprint density at radius 3 is 2.50 bits per heavy atom. The van der Waals surface area contributed by atoms with Gasteiger partial charge in [0.15, 0.2) is 0 Å². The molecule has 1 fully saturated rings. The SMILES string of the molecule is COC(=O)C(CN1CCCC1)c1ccc(F)cc1. The molecule has 98 valence electrons. The molecule has 1 aliphatic heterocycles. The van der Waals surface area contributed by atoms with Crippen LogP contribution in [0.2, 0.25) is 0 Å². The summed E-state index contributed by atoms with van der Waals surface area (Å²) in [5, 5.41) is 0. The fourth-order valence-corrected chi connectivity index (χ4v) is 2.38. The van der Waals surface area contributed by atoms with Gasteiger partial charge in [-0.05, 0) is 43.6 Å². The first-order valence-corrected chi connectivity index (χ1v) is 6.26. The van der Waals surface area contributed by atoms with E-state index in [1.54, 1.807) is 12.1 Å². The molecular formula is C14H18FNO2. The number of carbonyl (C=O) groups excluding carboxylic acids is 1. The molecule has 1 heterocycles. The molecule has 1 aromatic rings. The third-order valence-corrected chi connectivity index (χ3v) is 3.40. The minimum atomic E-state index is -0.325. The number of rotatable bonds is 4. The molecule has 2 rings (SSSR count). The lowest BCUT2D eigenvalue weighted by molar-refractivity contribution is -0.142. The molecule has 1 atom stereocenters. The molecule has 1 aromatic carbocycles. The molecule has 0 bridgehead atoms. The Kier molecular flexibility index (Phi) is 4.31. The molecule has 0 aliphatic carbocycles. The van der Waals surface area contributed by atoms with E-state index >= 15 is 0 Å². The molecule has 0 N–H and O–H groups in total. The number of methoxy groups -OCH3 is 1. The van der Waals surface area contributed by atoms with Gasteiger partial charge < -0.3 is 9.64 Å². The van der Waals surface area contributed by atoms with Crippen molar-refractivity contribution >= 4 is 5.97 Å². The van der Waals surface area contributed by atoms with Gasteiger partial charge in [-0.2, -0.15) is 0 Å². The first kappa shape index (κ1) is 13.0.